The second-order valence-electron chi connectivity index (χ2n) is 4.28. The molecule has 0 aliphatic rings. The van der Waals surface area contributed by atoms with Crippen LogP contribution in [0.4, 0.5) is 17.5 Å². The summed E-state index contributed by atoms with van der Waals surface area (Å²) in [4.78, 5) is 8.83. The third-order valence-corrected chi connectivity index (χ3v) is 3.16. The van der Waals surface area contributed by atoms with E-state index in [1.165, 1.54) is 3.57 Å². The molecule has 1 aromatic carbocycles. The van der Waals surface area contributed by atoms with E-state index in [1.54, 1.807) is 0 Å². The van der Waals surface area contributed by atoms with Crippen LogP contribution in [0.5, 0.6) is 0 Å². The van der Waals surface area contributed by atoms with Crippen molar-refractivity contribution in [2.45, 2.75) is 20.3 Å². The molecular formula is C14H17IN4. The summed E-state index contributed by atoms with van der Waals surface area (Å²) in [6.07, 6.45) is 1.05. The highest BCUT2D eigenvalue weighted by Gasteiger charge is 2.02. The maximum absolute atomic E-state index is 4.46. The van der Waals surface area contributed by atoms with Crippen molar-refractivity contribution in [3.05, 3.63) is 39.6 Å². The first-order valence-corrected chi connectivity index (χ1v) is 7.37. The number of benzene rings is 1. The standard InChI is InChI=1S/C14H17IN4/c1-3-7-16-14-17-10(2)8-13(19-14)18-12-6-4-5-11(15)9-12/h4-6,8-9H,3,7H2,1-2H3,(H2,16,17,18,19). The van der Waals surface area contributed by atoms with E-state index in [2.05, 4.69) is 62.2 Å². The minimum Gasteiger partial charge on any atom is -0.354 e. The van der Waals surface area contributed by atoms with Gasteiger partial charge in [-0.25, -0.2) is 4.98 Å². The Balaban J connectivity index is 2.17. The van der Waals surface area contributed by atoms with Crippen LogP contribution in [0.15, 0.2) is 30.3 Å². The second kappa shape index (κ2) is 6.70. The average Bonchev–Trinajstić information content (AvgIpc) is 2.35. The van der Waals surface area contributed by atoms with Gasteiger partial charge in [-0.3, -0.25) is 0 Å². The van der Waals surface area contributed by atoms with Gasteiger partial charge in [-0.2, -0.15) is 4.98 Å². The van der Waals surface area contributed by atoms with Crippen LogP contribution in [0.1, 0.15) is 19.0 Å². The molecule has 0 saturated heterocycles. The van der Waals surface area contributed by atoms with Gasteiger partial charge in [0.1, 0.15) is 5.82 Å². The van der Waals surface area contributed by atoms with Gasteiger partial charge >= 0.3 is 0 Å². The molecule has 0 amide bonds. The number of anilines is 3. The Morgan fingerprint density at radius 1 is 1.21 bits per heavy atom. The first-order chi connectivity index (χ1) is 9.17. The molecule has 2 aromatic rings. The quantitative estimate of drug-likeness (QED) is 0.785. The van der Waals surface area contributed by atoms with Crippen molar-refractivity contribution in [3.8, 4) is 0 Å². The molecule has 0 radical (unpaired) electrons. The topological polar surface area (TPSA) is 49.8 Å². The molecule has 4 nitrogen and oxygen atoms in total. The number of aromatic nitrogens is 2. The lowest BCUT2D eigenvalue weighted by atomic mass is 10.3. The molecule has 0 atom stereocenters. The van der Waals surface area contributed by atoms with Crippen LogP contribution in [0, 0.1) is 10.5 Å². The fourth-order valence-corrected chi connectivity index (χ4v) is 2.21. The van der Waals surface area contributed by atoms with Crippen molar-refractivity contribution in [1.29, 1.82) is 0 Å². The van der Waals surface area contributed by atoms with Crippen LogP contribution < -0.4 is 10.6 Å². The van der Waals surface area contributed by atoms with Gasteiger partial charge in [0.2, 0.25) is 5.95 Å². The summed E-state index contributed by atoms with van der Waals surface area (Å²) in [5, 5.41) is 6.52. The summed E-state index contributed by atoms with van der Waals surface area (Å²) >= 11 is 2.29. The van der Waals surface area contributed by atoms with Crippen LogP contribution >= 0.6 is 22.6 Å². The minimum absolute atomic E-state index is 0.676. The summed E-state index contributed by atoms with van der Waals surface area (Å²) in [6, 6.07) is 10.1. The summed E-state index contributed by atoms with van der Waals surface area (Å²) in [6.45, 7) is 4.97. The van der Waals surface area contributed by atoms with Crippen LogP contribution in [-0.2, 0) is 0 Å². The van der Waals surface area contributed by atoms with Crippen LogP contribution in [0.3, 0.4) is 0 Å². The van der Waals surface area contributed by atoms with Gasteiger partial charge < -0.3 is 10.6 Å². The van der Waals surface area contributed by atoms with E-state index < -0.39 is 0 Å². The average molecular weight is 368 g/mol. The van der Waals surface area contributed by atoms with E-state index in [1.807, 2.05) is 25.1 Å². The van der Waals surface area contributed by atoms with Gasteiger partial charge in [0, 0.05) is 27.6 Å². The Kier molecular flexibility index (Phi) is 4.95. The van der Waals surface area contributed by atoms with E-state index in [0.717, 1.165) is 30.2 Å². The molecule has 0 saturated carbocycles. The molecule has 1 aromatic heterocycles. The normalized spacial score (nSPS) is 10.3. The number of aryl methyl sites for hydroxylation is 1. The summed E-state index contributed by atoms with van der Waals surface area (Å²) in [5.41, 5.74) is 1.98. The third kappa shape index (κ3) is 4.34. The largest absolute Gasteiger partial charge is 0.354 e. The van der Waals surface area contributed by atoms with Gasteiger partial charge in [0.25, 0.3) is 0 Å². The number of hydrogen-bond acceptors (Lipinski definition) is 4. The Hall–Kier alpha value is -1.37. The van der Waals surface area contributed by atoms with Crippen molar-refractivity contribution >= 4 is 40.0 Å². The number of nitrogens with zero attached hydrogens (tertiary/aromatic N) is 2. The molecule has 0 fully saturated rings. The highest BCUT2D eigenvalue weighted by atomic mass is 127. The van der Waals surface area contributed by atoms with Crippen molar-refractivity contribution in [3.63, 3.8) is 0 Å². The fraction of sp³-hybridized carbons (Fsp3) is 0.286. The van der Waals surface area contributed by atoms with Crippen molar-refractivity contribution < 1.29 is 0 Å². The zero-order valence-electron chi connectivity index (χ0n) is 11.1. The molecule has 19 heavy (non-hydrogen) atoms. The van der Waals surface area contributed by atoms with E-state index in [-0.39, 0.29) is 0 Å². The van der Waals surface area contributed by atoms with Gasteiger partial charge in [-0.15, -0.1) is 0 Å². The van der Waals surface area contributed by atoms with E-state index in [0.29, 0.717) is 5.95 Å². The molecule has 0 aliphatic heterocycles. The second-order valence-corrected chi connectivity index (χ2v) is 5.53. The van der Waals surface area contributed by atoms with Gasteiger partial charge in [-0.1, -0.05) is 13.0 Å². The molecule has 2 rings (SSSR count). The van der Waals surface area contributed by atoms with Crippen molar-refractivity contribution in [2.75, 3.05) is 17.2 Å². The zero-order valence-corrected chi connectivity index (χ0v) is 13.2. The highest BCUT2D eigenvalue weighted by molar-refractivity contribution is 14.1. The molecular weight excluding hydrogens is 351 g/mol. The summed E-state index contributed by atoms with van der Waals surface area (Å²) < 4.78 is 1.19. The lowest BCUT2D eigenvalue weighted by Gasteiger charge is -2.09. The predicted molar refractivity (Wildman–Crippen MR) is 88.0 cm³/mol. The number of nitrogens with one attached hydrogen (secondary N) is 2. The minimum atomic E-state index is 0.676. The number of rotatable bonds is 5. The zero-order chi connectivity index (χ0) is 13.7. The van der Waals surface area contributed by atoms with E-state index in [4.69, 9.17) is 0 Å². The molecule has 0 unspecified atom stereocenters. The summed E-state index contributed by atoms with van der Waals surface area (Å²) in [7, 11) is 0. The van der Waals surface area contributed by atoms with Gasteiger partial charge in [0.05, 0.1) is 0 Å². The predicted octanol–water partition coefficient (Wildman–Crippen LogP) is 3.96. The van der Waals surface area contributed by atoms with E-state index >= 15 is 0 Å². The fourth-order valence-electron chi connectivity index (χ4n) is 1.66. The molecule has 0 bridgehead atoms. The number of hydrogen-bond donors (Lipinski definition) is 2. The third-order valence-electron chi connectivity index (χ3n) is 2.48. The Bertz CT molecular complexity index is 557. The van der Waals surface area contributed by atoms with Crippen LogP contribution in [0.25, 0.3) is 0 Å². The van der Waals surface area contributed by atoms with Crippen molar-refractivity contribution in [2.24, 2.45) is 0 Å². The van der Waals surface area contributed by atoms with Crippen LogP contribution in [0.2, 0.25) is 0 Å². The Morgan fingerprint density at radius 3 is 2.79 bits per heavy atom. The summed E-state index contributed by atoms with van der Waals surface area (Å²) in [5.74, 6) is 1.49. The molecule has 5 heteroatoms. The Labute approximate surface area is 127 Å². The maximum atomic E-state index is 4.46. The van der Waals surface area contributed by atoms with Gasteiger partial charge in [-0.05, 0) is 54.1 Å². The van der Waals surface area contributed by atoms with Gasteiger partial charge in [0.15, 0.2) is 0 Å². The highest BCUT2D eigenvalue weighted by Crippen LogP contribution is 2.18. The molecule has 1 heterocycles. The van der Waals surface area contributed by atoms with E-state index in [9.17, 15) is 0 Å². The van der Waals surface area contributed by atoms with Crippen molar-refractivity contribution in [1.82, 2.24) is 9.97 Å². The SMILES string of the molecule is CCCNc1nc(C)cc(Nc2cccc(I)c2)n1. The maximum Gasteiger partial charge on any atom is 0.224 e. The lowest BCUT2D eigenvalue weighted by Crippen LogP contribution is -2.06. The molecule has 0 spiro atoms. The smallest absolute Gasteiger partial charge is 0.224 e. The monoisotopic (exact) mass is 368 g/mol. The lowest BCUT2D eigenvalue weighted by molar-refractivity contribution is 0.947. The molecule has 2 N–H and O–H groups in total. The van der Waals surface area contributed by atoms with Crippen LogP contribution in [-0.4, -0.2) is 16.5 Å². The molecule has 100 valence electrons. The number of halogens is 1. The Morgan fingerprint density at radius 2 is 2.05 bits per heavy atom. The first-order valence-electron chi connectivity index (χ1n) is 6.29. The first kappa shape index (κ1) is 14.0. The molecule has 0 aliphatic carbocycles.